The van der Waals surface area contributed by atoms with Gasteiger partial charge in [0.2, 0.25) is 0 Å². The smallest absolute Gasteiger partial charge is 0.336 e. The second kappa shape index (κ2) is 8.79. The third-order valence-corrected chi connectivity index (χ3v) is 7.25. The average molecular weight is 510 g/mol. The minimum Gasteiger partial charge on any atom is -0.336 e. The molecule has 2 amide bonds. The predicted molar refractivity (Wildman–Crippen MR) is 121 cm³/mol. The highest BCUT2D eigenvalue weighted by Gasteiger charge is 2.38. The Hall–Kier alpha value is -2.76. The van der Waals surface area contributed by atoms with Gasteiger partial charge < -0.3 is 9.80 Å². The summed E-state index contributed by atoms with van der Waals surface area (Å²) >= 11 is 7.40. The molecule has 2 fully saturated rings. The maximum atomic E-state index is 13.0. The lowest BCUT2D eigenvalue weighted by atomic mass is 10.1. The number of nitrogens with zero attached hydrogens (tertiary/aromatic N) is 5. The molecule has 12 heteroatoms. The van der Waals surface area contributed by atoms with E-state index in [-0.39, 0.29) is 28.4 Å². The molecule has 0 aliphatic carbocycles. The van der Waals surface area contributed by atoms with Crippen LogP contribution in [0.15, 0.2) is 35.8 Å². The van der Waals surface area contributed by atoms with E-state index >= 15 is 0 Å². The molecule has 2 aromatic heterocycles. The van der Waals surface area contributed by atoms with Gasteiger partial charge in [-0.2, -0.15) is 13.2 Å². The molecule has 2 aliphatic rings. The van der Waals surface area contributed by atoms with Crippen LogP contribution in [0, 0.1) is 0 Å². The van der Waals surface area contributed by atoms with Crippen molar-refractivity contribution in [2.24, 2.45) is 0 Å². The highest BCUT2D eigenvalue weighted by molar-refractivity contribution is 7.11. The monoisotopic (exact) mass is 509 g/mol. The summed E-state index contributed by atoms with van der Waals surface area (Å²) in [6, 6.07) is 5.40. The van der Waals surface area contributed by atoms with Gasteiger partial charge in [0, 0.05) is 67.8 Å². The Labute approximate surface area is 201 Å². The van der Waals surface area contributed by atoms with Crippen LogP contribution in [-0.2, 0) is 6.18 Å². The van der Waals surface area contributed by atoms with Crippen molar-refractivity contribution in [2.75, 3.05) is 39.3 Å². The molecule has 0 N–H and O–H groups in total. The molecular formula is C22H19ClF3N5O2S. The third-order valence-electron chi connectivity index (χ3n) is 6.18. The number of aromatic nitrogens is 2. The number of fused-ring (bicyclic) bond motifs is 1. The molecule has 4 heterocycles. The van der Waals surface area contributed by atoms with E-state index in [1.54, 1.807) is 21.4 Å². The van der Waals surface area contributed by atoms with Crippen LogP contribution >= 0.6 is 22.9 Å². The van der Waals surface area contributed by atoms with Gasteiger partial charge in [-0.25, -0.2) is 9.97 Å². The van der Waals surface area contributed by atoms with Crippen LogP contribution in [-0.4, -0.2) is 81.8 Å². The maximum Gasteiger partial charge on any atom is 0.433 e. The second-order valence-electron chi connectivity index (χ2n) is 8.25. The normalized spacial score (nSPS) is 17.8. The van der Waals surface area contributed by atoms with Crippen LogP contribution in [0.3, 0.4) is 0 Å². The third kappa shape index (κ3) is 4.35. The molecule has 0 saturated carbocycles. The van der Waals surface area contributed by atoms with Crippen molar-refractivity contribution < 1.29 is 22.8 Å². The van der Waals surface area contributed by atoms with E-state index in [9.17, 15) is 22.8 Å². The summed E-state index contributed by atoms with van der Waals surface area (Å²) in [6.07, 6.45) is -2.98. The molecule has 5 rings (SSSR count). The number of carbonyl (C=O) groups is 2. The van der Waals surface area contributed by atoms with Crippen molar-refractivity contribution >= 4 is 45.7 Å². The highest BCUT2D eigenvalue weighted by atomic mass is 35.5. The molecule has 0 atom stereocenters. The summed E-state index contributed by atoms with van der Waals surface area (Å²) in [4.78, 5) is 38.8. The lowest BCUT2D eigenvalue weighted by Gasteiger charge is -2.47. The van der Waals surface area contributed by atoms with Gasteiger partial charge in [-0.15, -0.1) is 11.3 Å². The molecule has 0 radical (unpaired) electrons. The van der Waals surface area contributed by atoms with E-state index < -0.39 is 11.9 Å². The fourth-order valence-corrected chi connectivity index (χ4v) is 5.11. The van der Waals surface area contributed by atoms with E-state index in [1.165, 1.54) is 29.5 Å². The number of amides is 2. The summed E-state index contributed by atoms with van der Waals surface area (Å²) in [7, 11) is 0. The Morgan fingerprint density at radius 1 is 1.03 bits per heavy atom. The lowest BCUT2D eigenvalue weighted by Crippen LogP contribution is -2.64. The van der Waals surface area contributed by atoms with Crippen LogP contribution in [0.5, 0.6) is 0 Å². The maximum absolute atomic E-state index is 13.0. The zero-order valence-electron chi connectivity index (χ0n) is 17.8. The van der Waals surface area contributed by atoms with Gasteiger partial charge in [-0.1, -0.05) is 11.6 Å². The molecule has 7 nitrogen and oxygen atoms in total. The number of rotatable bonds is 3. The molecule has 0 spiro atoms. The minimum atomic E-state index is -4.60. The largest absolute Gasteiger partial charge is 0.433 e. The average Bonchev–Trinajstić information content (AvgIpc) is 3.32. The molecule has 2 saturated heterocycles. The van der Waals surface area contributed by atoms with Crippen LogP contribution in [0.2, 0.25) is 5.02 Å². The topological polar surface area (TPSA) is 69.6 Å². The molecule has 3 aromatic rings. The Bertz CT molecular complexity index is 1240. The van der Waals surface area contributed by atoms with Crippen LogP contribution in [0.4, 0.5) is 13.2 Å². The van der Waals surface area contributed by atoms with Gasteiger partial charge in [-0.05, 0) is 24.3 Å². The number of carbonyl (C=O) groups excluding carboxylic acids is 2. The first-order valence-electron chi connectivity index (χ1n) is 10.6. The van der Waals surface area contributed by atoms with Crippen molar-refractivity contribution in [3.05, 3.63) is 57.1 Å². The van der Waals surface area contributed by atoms with Gasteiger partial charge in [-0.3, -0.25) is 14.5 Å². The first kappa shape index (κ1) is 23.0. The van der Waals surface area contributed by atoms with Crippen LogP contribution in [0.1, 0.15) is 25.9 Å². The predicted octanol–water partition coefficient (Wildman–Crippen LogP) is 3.65. The number of hydrogen-bond donors (Lipinski definition) is 0. The molecule has 0 unspecified atom stereocenters. The first-order valence-corrected chi connectivity index (χ1v) is 11.9. The van der Waals surface area contributed by atoms with E-state index in [1.807, 2.05) is 0 Å². The summed E-state index contributed by atoms with van der Waals surface area (Å²) in [5.74, 6) is -0.251. The molecule has 1 aromatic carbocycles. The number of likely N-dealkylation sites (tertiary alicyclic amines) is 1. The number of pyridine rings is 1. The Morgan fingerprint density at radius 2 is 1.76 bits per heavy atom. The fraction of sp³-hybridized carbons (Fsp3) is 0.364. The Morgan fingerprint density at radius 3 is 2.41 bits per heavy atom. The number of halogens is 4. The highest BCUT2D eigenvalue weighted by Crippen LogP contribution is 2.33. The zero-order valence-corrected chi connectivity index (χ0v) is 19.3. The van der Waals surface area contributed by atoms with Crippen molar-refractivity contribution in [1.29, 1.82) is 0 Å². The summed E-state index contributed by atoms with van der Waals surface area (Å²) in [5, 5.41) is 2.48. The van der Waals surface area contributed by atoms with E-state index in [0.717, 1.165) is 6.07 Å². The number of alkyl halides is 3. The van der Waals surface area contributed by atoms with Gasteiger partial charge in [0.1, 0.15) is 5.69 Å². The van der Waals surface area contributed by atoms with Gasteiger partial charge in [0.25, 0.3) is 11.8 Å². The SMILES string of the molecule is O=C(c1ccc2nc(C(F)(F)F)cc(Cl)c2c1)N1CCN(C2CN(C(=O)c3nccs3)C2)CC1. The quantitative estimate of drug-likeness (QED) is 0.539. The molecule has 34 heavy (non-hydrogen) atoms. The lowest BCUT2D eigenvalue weighted by molar-refractivity contribution is -0.140. The fourth-order valence-electron chi connectivity index (χ4n) is 4.25. The van der Waals surface area contributed by atoms with Gasteiger partial charge in [0.15, 0.2) is 5.01 Å². The van der Waals surface area contributed by atoms with Gasteiger partial charge >= 0.3 is 6.18 Å². The number of thiazole rings is 1. The van der Waals surface area contributed by atoms with Crippen molar-refractivity contribution in [1.82, 2.24) is 24.7 Å². The van der Waals surface area contributed by atoms with Crippen molar-refractivity contribution in [3.63, 3.8) is 0 Å². The van der Waals surface area contributed by atoms with E-state index in [2.05, 4.69) is 14.9 Å². The van der Waals surface area contributed by atoms with Crippen molar-refractivity contribution in [3.8, 4) is 0 Å². The summed E-state index contributed by atoms with van der Waals surface area (Å²) < 4.78 is 38.9. The molecule has 2 aliphatic heterocycles. The summed E-state index contributed by atoms with van der Waals surface area (Å²) in [6.45, 7) is 3.69. The minimum absolute atomic E-state index is 0.0492. The Kier molecular flexibility index (Phi) is 5.95. The number of benzene rings is 1. The van der Waals surface area contributed by atoms with E-state index in [4.69, 9.17) is 11.6 Å². The van der Waals surface area contributed by atoms with Gasteiger partial charge in [0.05, 0.1) is 10.5 Å². The van der Waals surface area contributed by atoms with Crippen LogP contribution < -0.4 is 0 Å². The first-order chi connectivity index (χ1) is 16.2. The van der Waals surface area contributed by atoms with Crippen molar-refractivity contribution in [2.45, 2.75) is 12.2 Å². The molecule has 178 valence electrons. The Balaban J connectivity index is 1.20. The van der Waals surface area contributed by atoms with Crippen LogP contribution in [0.25, 0.3) is 10.9 Å². The number of hydrogen-bond acceptors (Lipinski definition) is 6. The molecular weight excluding hydrogens is 491 g/mol. The summed E-state index contributed by atoms with van der Waals surface area (Å²) in [5.41, 5.74) is -0.626. The van der Waals surface area contributed by atoms with E-state index in [0.29, 0.717) is 55.2 Å². The second-order valence-corrected chi connectivity index (χ2v) is 9.55. The zero-order chi connectivity index (χ0) is 24.0. The standard InChI is InChI=1S/C22H19ClF3N5O2S/c23-16-10-18(22(24,25)26)28-17-2-1-13(9-15(16)17)20(32)30-6-4-29(5-7-30)14-11-31(12-14)21(33)19-27-3-8-34-19/h1-3,8-10,14H,4-7,11-12H2. The number of piperazine rings is 1. The molecule has 0 bridgehead atoms.